The monoisotopic (exact) mass is 290 g/mol. The summed E-state index contributed by atoms with van der Waals surface area (Å²) in [4.78, 5) is 23.9. The van der Waals surface area contributed by atoms with Crippen LogP contribution in [0.4, 0.5) is 4.79 Å². The first-order chi connectivity index (χ1) is 9.53. The van der Waals surface area contributed by atoms with Crippen molar-refractivity contribution in [2.24, 2.45) is 0 Å². The first kappa shape index (κ1) is 16.7. The molecule has 2 amide bonds. The molecule has 1 saturated heterocycles. The Balaban J connectivity index is 2.49. The van der Waals surface area contributed by atoms with E-state index in [1.54, 1.807) is 7.11 Å². The zero-order chi connectivity index (χ0) is 15.0. The third kappa shape index (κ3) is 4.95. The highest BCUT2D eigenvalue weighted by atomic mass is 16.5. The first-order valence-electron chi connectivity index (χ1n) is 6.39. The Morgan fingerprint density at radius 2 is 2.20 bits per heavy atom. The third-order valence-corrected chi connectivity index (χ3v) is 3.24. The molecule has 0 saturated carbocycles. The van der Waals surface area contributed by atoms with Crippen molar-refractivity contribution in [2.45, 2.75) is 12.0 Å². The van der Waals surface area contributed by atoms with Crippen LogP contribution >= 0.6 is 0 Å². The average molecular weight is 290 g/mol. The van der Waals surface area contributed by atoms with Gasteiger partial charge in [-0.05, 0) is 0 Å². The summed E-state index contributed by atoms with van der Waals surface area (Å²) in [5.41, 5.74) is -0.522. The average Bonchev–Trinajstić information content (AvgIpc) is 2.90. The van der Waals surface area contributed by atoms with Crippen LogP contribution in [0.1, 0.15) is 6.42 Å². The molecule has 0 radical (unpaired) electrons. The van der Waals surface area contributed by atoms with Crippen LogP contribution < -0.4 is 5.32 Å². The Morgan fingerprint density at radius 3 is 2.70 bits per heavy atom. The molecule has 1 unspecified atom stereocenters. The van der Waals surface area contributed by atoms with E-state index in [0.717, 1.165) is 0 Å². The number of urea groups is 1. The second-order valence-corrected chi connectivity index (χ2v) is 4.66. The number of amides is 2. The molecule has 0 aliphatic carbocycles. The van der Waals surface area contributed by atoms with Gasteiger partial charge in [0.15, 0.2) is 0 Å². The summed E-state index contributed by atoms with van der Waals surface area (Å²) in [6.07, 6.45) is 0.695. The lowest BCUT2D eigenvalue weighted by Gasteiger charge is -2.28. The number of ether oxygens (including phenoxy) is 3. The molecule has 1 aliphatic heterocycles. The van der Waals surface area contributed by atoms with Gasteiger partial charge in [0, 0.05) is 33.8 Å². The van der Waals surface area contributed by atoms with Crippen molar-refractivity contribution < 1.29 is 28.9 Å². The number of aliphatic carboxylic acids is 1. The van der Waals surface area contributed by atoms with Gasteiger partial charge >= 0.3 is 12.0 Å². The maximum Gasteiger partial charge on any atom is 0.323 e. The summed E-state index contributed by atoms with van der Waals surface area (Å²) in [7, 11) is 3.06. The SMILES string of the molecule is COCCN(CC(=O)O)C(=O)NCC1(OC)CCOC1. The number of carboxylic acids is 1. The minimum Gasteiger partial charge on any atom is -0.480 e. The fourth-order valence-corrected chi connectivity index (χ4v) is 1.93. The van der Waals surface area contributed by atoms with Crippen molar-refractivity contribution in [3.05, 3.63) is 0 Å². The number of carboxylic acid groups (broad SMARTS) is 1. The lowest BCUT2D eigenvalue weighted by Crippen LogP contribution is -2.50. The molecule has 0 aromatic carbocycles. The summed E-state index contributed by atoms with van der Waals surface area (Å²) in [6, 6.07) is -0.451. The van der Waals surface area contributed by atoms with E-state index in [2.05, 4.69) is 5.32 Å². The largest absolute Gasteiger partial charge is 0.480 e. The summed E-state index contributed by atoms with van der Waals surface area (Å²) < 4.78 is 15.5. The maximum atomic E-state index is 12.0. The second kappa shape index (κ2) is 8.03. The molecular formula is C12H22N2O6. The Hall–Kier alpha value is -1.38. The predicted octanol–water partition coefficient (Wildman–Crippen LogP) is -0.465. The van der Waals surface area contributed by atoms with Gasteiger partial charge in [0.05, 0.1) is 19.8 Å². The molecular weight excluding hydrogens is 268 g/mol. The molecule has 1 aliphatic rings. The van der Waals surface area contributed by atoms with Crippen molar-refractivity contribution in [1.82, 2.24) is 10.2 Å². The van der Waals surface area contributed by atoms with E-state index in [9.17, 15) is 9.59 Å². The van der Waals surface area contributed by atoms with Gasteiger partial charge in [0.1, 0.15) is 12.1 Å². The Morgan fingerprint density at radius 1 is 1.45 bits per heavy atom. The Bertz CT molecular complexity index is 330. The van der Waals surface area contributed by atoms with Crippen molar-refractivity contribution in [2.75, 3.05) is 53.7 Å². The van der Waals surface area contributed by atoms with Gasteiger partial charge in [-0.3, -0.25) is 4.79 Å². The number of rotatable bonds is 8. The number of hydrogen-bond acceptors (Lipinski definition) is 5. The number of nitrogens with one attached hydrogen (secondary N) is 1. The van der Waals surface area contributed by atoms with Crippen LogP contribution in [-0.4, -0.2) is 81.3 Å². The molecule has 116 valence electrons. The molecule has 0 aromatic heterocycles. The third-order valence-electron chi connectivity index (χ3n) is 3.24. The van der Waals surface area contributed by atoms with Crippen molar-refractivity contribution in [3.63, 3.8) is 0 Å². The maximum absolute atomic E-state index is 12.0. The van der Waals surface area contributed by atoms with Gasteiger partial charge in [-0.1, -0.05) is 0 Å². The molecule has 0 spiro atoms. The highest BCUT2D eigenvalue weighted by Gasteiger charge is 2.35. The smallest absolute Gasteiger partial charge is 0.323 e. The number of nitrogens with zero attached hydrogens (tertiary/aromatic N) is 1. The summed E-state index contributed by atoms with van der Waals surface area (Å²) >= 11 is 0. The standard InChI is InChI=1S/C12H22N2O6/c1-18-6-4-14(7-10(15)16)11(17)13-8-12(19-2)3-5-20-9-12/h3-9H2,1-2H3,(H,13,17)(H,15,16). The van der Waals surface area contributed by atoms with E-state index in [1.807, 2.05) is 0 Å². The number of methoxy groups -OCH3 is 2. The highest BCUT2D eigenvalue weighted by molar-refractivity contribution is 5.80. The molecule has 2 N–H and O–H groups in total. The molecule has 0 bridgehead atoms. The number of hydrogen-bond donors (Lipinski definition) is 2. The molecule has 8 nitrogen and oxygen atoms in total. The molecule has 8 heteroatoms. The van der Waals surface area contributed by atoms with E-state index in [1.165, 1.54) is 12.0 Å². The fraction of sp³-hybridized carbons (Fsp3) is 0.833. The van der Waals surface area contributed by atoms with Gasteiger partial charge in [-0.15, -0.1) is 0 Å². The minimum atomic E-state index is -1.07. The van der Waals surface area contributed by atoms with E-state index in [0.29, 0.717) is 19.6 Å². The lowest BCUT2D eigenvalue weighted by molar-refractivity contribution is -0.137. The topological polar surface area (TPSA) is 97.3 Å². The van der Waals surface area contributed by atoms with Crippen LogP contribution in [0.3, 0.4) is 0 Å². The van der Waals surface area contributed by atoms with Crippen LogP contribution in [0, 0.1) is 0 Å². The van der Waals surface area contributed by atoms with Crippen LogP contribution in [0.2, 0.25) is 0 Å². The van der Waals surface area contributed by atoms with Crippen LogP contribution in [0.15, 0.2) is 0 Å². The second-order valence-electron chi connectivity index (χ2n) is 4.66. The van der Waals surface area contributed by atoms with Crippen LogP contribution in [-0.2, 0) is 19.0 Å². The van der Waals surface area contributed by atoms with Crippen molar-refractivity contribution >= 4 is 12.0 Å². The molecule has 1 atom stereocenters. The van der Waals surface area contributed by atoms with E-state index < -0.39 is 17.6 Å². The molecule has 1 rings (SSSR count). The molecule has 20 heavy (non-hydrogen) atoms. The van der Waals surface area contributed by atoms with E-state index in [-0.39, 0.29) is 26.2 Å². The fourth-order valence-electron chi connectivity index (χ4n) is 1.93. The van der Waals surface area contributed by atoms with Gasteiger partial charge in [0.2, 0.25) is 0 Å². The zero-order valence-electron chi connectivity index (χ0n) is 11.9. The van der Waals surface area contributed by atoms with Gasteiger partial charge in [-0.2, -0.15) is 0 Å². The van der Waals surface area contributed by atoms with Gasteiger partial charge < -0.3 is 29.5 Å². The summed E-state index contributed by atoms with van der Waals surface area (Å²) in [6.45, 7) is 1.41. The highest BCUT2D eigenvalue weighted by Crippen LogP contribution is 2.21. The quantitative estimate of drug-likeness (QED) is 0.627. The first-order valence-corrected chi connectivity index (χ1v) is 6.39. The van der Waals surface area contributed by atoms with Crippen LogP contribution in [0.5, 0.6) is 0 Å². The van der Waals surface area contributed by atoms with Crippen LogP contribution in [0.25, 0.3) is 0 Å². The molecule has 1 heterocycles. The van der Waals surface area contributed by atoms with Crippen molar-refractivity contribution in [3.8, 4) is 0 Å². The van der Waals surface area contributed by atoms with E-state index >= 15 is 0 Å². The number of carbonyl (C=O) groups is 2. The Kier molecular flexibility index (Phi) is 6.69. The van der Waals surface area contributed by atoms with E-state index in [4.69, 9.17) is 19.3 Å². The number of carbonyl (C=O) groups excluding carboxylic acids is 1. The zero-order valence-corrected chi connectivity index (χ0v) is 11.9. The Labute approximate surface area is 118 Å². The van der Waals surface area contributed by atoms with Gasteiger partial charge in [-0.25, -0.2) is 4.79 Å². The normalized spacial score (nSPS) is 21.7. The van der Waals surface area contributed by atoms with Gasteiger partial charge in [0.25, 0.3) is 0 Å². The summed E-state index contributed by atoms with van der Waals surface area (Å²) in [5.74, 6) is -1.07. The molecule has 1 fully saturated rings. The molecule has 0 aromatic rings. The lowest BCUT2D eigenvalue weighted by atomic mass is 10.0. The van der Waals surface area contributed by atoms with Crippen molar-refractivity contribution in [1.29, 1.82) is 0 Å². The summed E-state index contributed by atoms with van der Waals surface area (Å²) in [5, 5.41) is 11.5. The minimum absolute atomic E-state index is 0.213. The predicted molar refractivity (Wildman–Crippen MR) is 69.7 cm³/mol.